The molecule has 1 aromatic carbocycles. The molecule has 5 nitrogen and oxygen atoms in total. The van der Waals surface area contributed by atoms with Crippen LogP contribution >= 0.6 is 15.9 Å². The molecule has 1 N–H and O–H groups in total. The summed E-state index contributed by atoms with van der Waals surface area (Å²) in [5.74, 6) is -1.38. The van der Waals surface area contributed by atoms with E-state index >= 15 is 0 Å². The first kappa shape index (κ1) is 18.9. The van der Waals surface area contributed by atoms with Gasteiger partial charge in [0, 0.05) is 29.1 Å². The summed E-state index contributed by atoms with van der Waals surface area (Å²) in [6, 6.07) is 6.68. The van der Waals surface area contributed by atoms with Gasteiger partial charge in [-0.3, -0.25) is 9.59 Å². The summed E-state index contributed by atoms with van der Waals surface area (Å²) in [5, 5.41) is 9.12. The molecule has 6 heteroatoms. The third kappa shape index (κ3) is 4.76. The van der Waals surface area contributed by atoms with Crippen LogP contribution in [0.4, 0.5) is 0 Å². The van der Waals surface area contributed by atoms with Crippen LogP contribution in [0.2, 0.25) is 0 Å². The molecule has 0 saturated heterocycles. The van der Waals surface area contributed by atoms with E-state index in [1.165, 1.54) is 12.2 Å². The molecule has 0 aliphatic heterocycles. The number of halogens is 1. The zero-order chi connectivity index (χ0) is 18.4. The topological polar surface area (TPSA) is 74.7 Å². The summed E-state index contributed by atoms with van der Waals surface area (Å²) in [4.78, 5) is 36.7. The number of benzene rings is 1. The Morgan fingerprint density at radius 3 is 2.68 bits per heavy atom. The van der Waals surface area contributed by atoms with Crippen LogP contribution in [-0.2, 0) is 4.79 Å². The van der Waals surface area contributed by atoms with Gasteiger partial charge in [0.25, 0.3) is 5.91 Å². The molecule has 0 saturated carbocycles. The van der Waals surface area contributed by atoms with Crippen LogP contribution < -0.4 is 0 Å². The number of hydrogen-bond donors (Lipinski definition) is 1. The van der Waals surface area contributed by atoms with Crippen molar-refractivity contribution < 1.29 is 19.5 Å². The number of amides is 1. The maximum atomic E-state index is 12.8. The second kappa shape index (κ2) is 8.58. The molecule has 130 valence electrons. The van der Waals surface area contributed by atoms with E-state index in [0.717, 1.165) is 0 Å². The third-order valence-corrected chi connectivity index (χ3v) is 4.35. The van der Waals surface area contributed by atoms with Gasteiger partial charge in [0.2, 0.25) is 0 Å². The second-order valence-electron chi connectivity index (χ2n) is 5.53. The second-order valence-corrected chi connectivity index (χ2v) is 6.44. The SMILES string of the molecule is CCN(CC1C=CC(C(=O)O)=CC(Br)=C1)C(=O)c1ccccc1C=O. The molecule has 0 heterocycles. The predicted molar refractivity (Wildman–Crippen MR) is 98.8 cm³/mol. The molecule has 0 aromatic heterocycles. The average Bonchev–Trinajstić information content (AvgIpc) is 2.80. The fraction of sp³-hybridized carbons (Fsp3) is 0.211. The van der Waals surface area contributed by atoms with Gasteiger partial charge in [-0.25, -0.2) is 4.79 Å². The summed E-state index contributed by atoms with van der Waals surface area (Å²) in [7, 11) is 0. The third-order valence-electron chi connectivity index (χ3n) is 3.85. The van der Waals surface area contributed by atoms with Crippen LogP contribution in [0.25, 0.3) is 0 Å². The molecule has 1 amide bonds. The summed E-state index contributed by atoms with van der Waals surface area (Å²) >= 11 is 3.34. The van der Waals surface area contributed by atoms with Gasteiger partial charge >= 0.3 is 5.97 Å². The number of carbonyl (C=O) groups excluding carboxylic acids is 2. The number of nitrogens with zero attached hydrogens (tertiary/aromatic N) is 1. The number of carboxylic acid groups (broad SMARTS) is 1. The summed E-state index contributed by atoms with van der Waals surface area (Å²) in [5.41, 5.74) is 0.893. The Morgan fingerprint density at radius 1 is 1.32 bits per heavy atom. The highest BCUT2D eigenvalue weighted by Crippen LogP contribution is 2.21. The fourth-order valence-electron chi connectivity index (χ4n) is 2.55. The highest BCUT2D eigenvalue weighted by atomic mass is 79.9. The van der Waals surface area contributed by atoms with Crippen molar-refractivity contribution in [3.63, 3.8) is 0 Å². The van der Waals surface area contributed by atoms with Crippen molar-refractivity contribution in [1.29, 1.82) is 0 Å². The fourth-order valence-corrected chi connectivity index (χ4v) is 3.14. The smallest absolute Gasteiger partial charge is 0.335 e. The standard InChI is InChI=1S/C19H18BrNO4/c1-2-21(18(23)17-6-4-3-5-15(17)12-22)11-13-7-8-14(19(24)25)10-16(20)9-13/h3-10,12-13H,2,11H2,1H3,(H,24,25). The number of aliphatic carboxylic acids is 1. The molecule has 2 rings (SSSR count). The lowest BCUT2D eigenvalue weighted by molar-refractivity contribution is -0.132. The number of aldehydes is 1. The molecule has 1 aromatic rings. The highest BCUT2D eigenvalue weighted by molar-refractivity contribution is 9.11. The first-order chi connectivity index (χ1) is 12.0. The number of carbonyl (C=O) groups is 3. The number of allylic oxidation sites excluding steroid dienone is 2. The van der Waals surface area contributed by atoms with Gasteiger partial charge in [-0.2, -0.15) is 0 Å². The minimum Gasteiger partial charge on any atom is -0.478 e. The maximum absolute atomic E-state index is 12.8. The Hall–Kier alpha value is -2.47. The molecule has 0 radical (unpaired) electrons. The highest BCUT2D eigenvalue weighted by Gasteiger charge is 2.20. The molecular weight excluding hydrogens is 386 g/mol. The van der Waals surface area contributed by atoms with Gasteiger partial charge in [0.05, 0.1) is 11.1 Å². The van der Waals surface area contributed by atoms with E-state index in [2.05, 4.69) is 15.9 Å². The van der Waals surface area contributed by atoms with Gasteiger partial charge in [0.15, 0.2) is 6.29 Å². The molecule has 1 atom stereocenters. The van der Waals surface area contributed by atoms with Gasteiger partial charge in [-0.05, 0) is 19.1 Å². The van der Waals surface area contributed by atoms with Crippen molar-refractivity contribution in [2.24, 2.45) is 5.92 Å². The van der Waals surface area contributed by atoms with E-state index in [9.17, 15) is 14.4 Å². The number of rotatable bonds is 6. The van der Waals surface area contributed by atoms with Crippen molar-refractivity contribution >= 4 is 34.1 Å². The van der Waals surface area contributed by atoms with E-state index in [4.69, 9.17) is 5.11 Å². The van der Waals surface area contributed by atoms with Crippen LogP contribution in [0.3, 0.4) is 0 Å². The molecule has 1 aliphatic rings. The van der Waals surface area contributed by atoms with E-state index in [0.29, 0.717) is 35.0 Å². The maximum Gasteiger partial charge on any atom is 0.335 e. The van der Waals surface area contributed by atoms with Crippen LogP contribution in [0.15, 0.2) is 58.6 Å². The van der Waals surface area contributed by atoms with Crippen molar-refractivity contribution in [2.45, 2.75) is 6.92 Å². The van der Waals surface area contributed by atoms with Gasteiger partial charge < -0.3 is 10.0 Å². The summed E-state index contributed by atoms with van der Waals surface area (Å²) in [6.07, 6.45) is 7.35. The summed E-state index contributed by atoms with van der Waals surface area (Å²) in [6.45, 7) is 2.72. The monoisotopic (exact) mass is 403 g/mol. The number of hydrogen-bond acceptors (Lipinski definition) is 3. The minimum absolute atomic E-state index is 0.144. The van der Waals surface area contributed by atoms with Crippen molar-refractivity contribution in [3.05, 3.63) is 69.8 Å². The molecular formula is C19H18BrNO4. The quantitative estimate of drug-likeness (QED) is 0.738. The molecule has 1 unspecified atom stereocenters. The Morgan fingerprint density at radius 2 is 2.04 bits per heavy atom. The van der Waals surface area contributed by atoms with Crippen LogP contribution in [0, 0.1) is 5.92 Å². The lowest BCUT2D eigenvalue weighted by Gasteiger charge is -2.24. The van der Waals surface area contributed by atoms with Crippen LogP contribution in [0.1, 0.15) is 27.6 Å². The first-order valence-electron chi connectivity index (χ1n) is 7.80. The predicted octanol–water partition coefficient (Wildman–Crippen LogP) is 3.44. The molecule has 0 fully saturated rings. The Bertz CT molecular complexity index is 779. The lowest BCUT2D eigenvalue weighted by Crippen LogP contribution is -2.35. The lowest BCUT2D eigenvalue weighted by atomic mass is 10.0. The zero-order valence-electron chi connectivity index (χ0n) is 13.7. The normalized spacial score (nSPS) is 16.5. The van der Waals surface area contributed by atoms with Crippen LogP contribution in [-0.4, -0.2) is 41.3 Å². The number of carboxylic acids is 1. The summed E-state index contributed by atoms with van der Waals surface area (Å²) < 4.78 is 0.650. The largest absolute Gasteiger partial charge is 0.478 e. The molecule has 0 spiro atoms. The zero-order valence-corrected chi connectivity index (χ0v) is 15.3. The Kier molecular flexibility index (Phi) is 6.47. The van der Waals surface area contributed by atoms with Crippen molar-refractivity contribution in [1.82, 2.24) is 4.90 Å². The van der Waals surface area contributed by atoms with Crippen molar-refractivity contribution in [2.75, 3.05) is 13.1 Å². The molecule has 0 bridgehead atoms. The van der Waals surface area contributed by atoms with E-state index in [1.54, 1.807) is 35.2 Å². The Labute approximate surface area is 154 Å². The van der Waals surface area contributed by atoms with Gasteiger partial charge in [-0.1, -0.05) is 52.4 Å². The first-order valence-corrected chi connectivity index (χ1v) is 8.59. The van der Waals surface area contributed by atoms with Gasteiger partial charge in [-0.15, -0.1) is 0 Å². The van der Waals surface area contributed by atoms with Crippen LogP contribution in [0.5, 0.6) is 0 Å². The minimum atomic E-state index is -1.01. The van der Waals surface area contributed by atoms with Gasteiger partial charge in [0.1, 0.15) is 0 Å². The van der Waals surface area contributed by atoms with E-state index in [-0.39, 0.29) is 17.4 Å². The van der Waals surface area contributed by atoms with Crippen molar-refractivity contribution in [3.8, 4) is 0 Å². The molecule has 1 aliphatic carbocycles. The molecule has 25 heavy (non-hydrogen) atoms. The Balaban J connectivity index is 2.21. The van der Waals surface area contributed by atoms with E-state index in [1.807, 2.05) is 13.0 Å². The average molecular weight is 404 g/mol. The van der Waals surface area contributed by atoms with E-state index < -0.39 is 5.97 Å².